The van der Waals surface area contributed by atoms with Crippen LogP contribution >= 0.6 is 11.6 Å². The van der Waals surface area contributed by atoms with Crippen LogP contribution in [0.1, 0.15) is 52.5 Å². The molecule has 1 aliphatic carbocycles. The van der Waals surface area contributed by atoms with Crippen LogP contribution in [0.3, 0.4) is 0 Å². The molecule has 2 aromatic heterocycles. The van der Waals surface area contributed by atoms with Crippen LogP contribution in [-0.2, 0) is 6.54 Å². The molecule has 8 heteroatoms. The highest BCUT2D eigenvalue weighted by atomic mass is 35.5. The SMILES string of the molecule is O=C(NCc1ccccc1Cl)c1cnn2c(C(F)F)cc(C3CC3)nc12. The molecule has 0 atom stereocenters. The van der Waals surface area contributed by atoms with E-state index in [2.05, 4.69) is 15.4 Å². The second-order valence-electron chi connectivity index (χ2n) is 6.25. The molecule has 5 nitrogen and oxygen atoms in total. The van der Waals surface area contributed by atoms with Crippen molar-refractivity contribution in [1.29, 1.82) is 0 Å². The van der Waals surface area contributed by atoms with Crippen molar-refractivity contribution in [2.24, 2.45) is 0 Å². The maximum absolute atomic E-state index is 13.4. The van der Waals surface area contributed by atoms with Gasteiger partial charge in [-0.2, -0.15) is 5.10 Å². The number of hydrogen-bond donors (Lipinski definition) is 1. The maximum Gasteiger partial charge on any atom is 0.280 e. The van der Waals surface area contributed by atoms with E-state index in [1.165, 1.54) is 12.3 Å². The smallest absolute Gasteiger partial charge is 0.280 e. The van der Waals surface area contributed by atoms with E-state index in [1.54, 1.807) is 18.2 Å². The first-order chi connectivity index (χ1) is 12.5. The second-order valence-corrected chi connectivity index (χ2v) is 6.66. The van der Waals surface area contributed by atoms with Gasteiger partial charge in [0, 0.05) is 23.2 Å². The zero-order chi connectivity index (χ0) is 18.3. The van der Waals surface area contributed by atoms with Crippen LogP contribution in [-0.4, -0.2) is 20.5 Å². The molecule has 1 N–H and O–H groups in total. The average molecular weight is 377 g/mol. The molecule has 1 fully saturated rings. The number of hydrogen-bond acceptors (Lipinski definition) is 3. The van der Waals surface area contributed by atoms with Gasteiger partial charge in [-0.1, -0.05) is 29.8 Å². The Labute approximate surface area is 153 Å². The Morgan fingerprint density at radius 3 is 2.81 bits per heavy atom. The van der Waals surface area contributed by atoms with Crippen molar-refractivity contribution in [3.8, 4) is 0 Å². The van der Waals surface area contributed by atoms with Crippen molar-refractivity contribution in [2.45, 2.75) is 31.7 Å². The summed E-state index contributed by atoms with van der Waals surface area (Å²) in [6, 6.07) is 8.54. The van der Waals surface area contributed by atoms with E-state index >= 15 is 0 Å². The highest BCUT2D eigenvalue weighted by Crippen LogP contribution is 2.40. The van der Waals surface area contributed by atoms with Crippen molar-refractivity contribution in [3.05, 3.63) is 64.1 Å². The summed E-state index contributed by atoms with van der Waals surface area (Å²) in [5, 5.41) is 7.23. The molecule has 2 heterocycles. The number of amides is 1. The first kappa shape index (κ1) is 16.9. The Morgan fingerprint density at radius 2 is 2.12 bits per heavy atom. The van der Waals surface area contributed by atoms with Crippen molar-refractivity contribution < 1.29 is 13.6 Å². The maximum atomic E-state index is 13.4. The number of nitrogens with one attached hydrogen (secondary N) is 1. The summed E-state index contributed by atoms with van der Waals surface area (Å²) < 4.78 is 27.8. The van der Waals surface area contributed by atoms with Crippen molar-refractivity contribution in [1.82, 2.24) is 19.9 Å². The van der Waals surface area contributed by atoms with Gasteiger partial charge in [0.15, 0.2) is 5.65 Å². The number of benzene rings is 1. The standard InChI is InChI=1S/C18H15ClF2N4O/c19-13-4-2-1-3-11(13)8-22-18(26)12-9-23-25-15(16(20)21)7-14(10-5-6-10)24-17(12)25/h1-4,7,9-10,16H,5-6,8H2,(H,22,26). The molecule has 0 bridgehead atoms. The van der Waals surface area contributed by atoms with Gasteiger partial charge >= 0.3 is 0 Å². The molecule has 1 saturated carbocycles. The van der Waals surface area contributed by atoms with Crippen LogP contribution in [0.2, 0.25) is 5.02 Å². The number of carbonyl (C=O) groups excluding carboxylic acids is 1. The monoisotopic (exact) mass is 376 g/mol. The number of carbonyl (C=O) groups is 1. The number of nitrogens with zero attached hydrogens (tertiary/aromatic N) is 3. The highest BCUT2D eigenvalue weighted by Gasteiger charge is 2.29. The molecular weight excluding hydrogens is 362 g/mol. The molecule has 0 spiro atoms. The molecule has 0 radical (unpaired) electrons. The van der Waals surface area contributed by atoms with Crippen LogP contribution < -0.4 is 5.32 Å². The zero-order valence-electron chi connectivity index (χ0n) is 13.6. The molecule has 26 heavy (non-hydrogen) atoms. The lowest BCUT2D eigenvalue weighted by molar-refractivity contribution is 0.0952. The van der Waals surface area contributed by atoms with Crippen molar-refractivity contribution in [3.63, 3.8) is 0 Å². The minimum absolute atomic E-state index is 0.154. The highest BCUT2D eigenvalue weighted by molar-refractivity contribution is 6.31. The normalized spacial score (nSPS) is 14.2. The Kier molecular flexibility index (Phi) is 4.32. The molecule has 0 unspecified atom stereocenters. The first-order valence-corrected chi connectivity index (χ1v) is 8.60. The number of rotatable bonds is 5. The summed E-state index contributed by atoms with van der Waals surface area (Å²) in [5.41, 5.74) is 1.43. The predicted octanol–water partition coefficient (Wildman–Crippen LogP) is 4.13. The third-order valence-electron chi connectivity index (χ3n) is 4.38. The van der Waals surface area contributed by atoms with Crippen molar-refractivity contribution >= 4 is 23.2 Å². The molecule has 1 aromatic carbocycles. The number of aromatic nitrogens is 3. The van der Waals surface area contributed by atoms with Gasteiger partial charge in [0.2, 0.25) is 0 Å². The molecule has 3 aromatic rings. The van der Waals surface area contributed by atoms with Gasteiger partial charge in [0.1, 0.15) is 11.3 Å². The summed E-state index contributed by atoms with van der Waals surface area (Å²) >= 11 is 6.08. The Balaban J connectivity index is 1.65. The number of halogens is 3. The molecule has 134 valence electrons. The fourth-order valence-corrected chi connectivity index (χ4v) is 3.02. The van der Waals surface area contributed by atoms with E-state index in [0.29, 0.717) is 10.7 Å². The van der Waals surface area contributed by atoms with Crippen LogP contribution in [0.15, 0.2) is 36.5 Å². The van der Waals surface area contributed by atoms with Gasteiger partial charge < -0.3 is 5.32 Å². The Hall–Kier alpha value is -2.54. The second kappa shape index (κ2) is 6.64. The van der Waals surface area contributed by atoms with E-state index in [4.69, 9.17) is 11.6 Å². The van der Waals surface area contributed by atoms with Crippen LogP contribution in [0.4, 0.5) is 8.78 Å². The molecule has 0 aliphatic heterocycles. The van der Waals surface area contributed by atoms with Crippen molar-refractivity contribution in [2.75, 3.05) is 0 Å². The average Bonchev–Trinajstić information content (AvgIpc) is 3.39. The predicted molar refractivity (Wildman–Crippen MR) is 92.5 cm³/mol. The van der Waals surface area contributed by atoms with E-state index in [9.17, 15) is 13.6 Å². The topological polar surface area (TPSA) is 59.3 Å². The fourth-order valence-electron chi connectivity index (χ4n) is 2.82. The van der Waals surface area contributed by atoms with Gasteiger partial charge in [0.05, 0.1) is 6.20 Å². The lowest BCUT2D eigenvalue weighted by Gasteiger charge is -2.08. The summed E-state index contributed by atoms with van der Waals surface area (Å²) in [7, 11) is 0. The summed E-state index contributed by atoms with van der Waals surface area (Å²) in [5.74, 6) is -0.244. The zero-order valence-corrected chi connectivity index (χ0v) is 14.4. The molecule has 1 amide bonds. The molecule has 4 rings (SSSR count). The van der Waals surface area contributed by atoms with Gasteiger partial charge in [0.25, 0.3) is 12.3 Å². The molecule has 0 saturated heterocycles. The van der Waals surface area contributed by atoms with E-state index in [1.807, 2.05) is 6.07 Å². The lowest BCUT2D eigenvalue weighted by atomic mass is 10.2. The first-order valence-electron chi connectivity index (χ1n) is 8.23. The van der Waals surface area contributed by atoms with E-state index < -0.39 is 12.3 Å². The fraction of sp³-hybridized carbons (Fsp3) is 0.278. The summed E-state index contributed by atoms with van der Waals surface area (Å²) in [6.07, 6.45) is 0.423. The third kappa shape index (κ3) is 3.14. The van der Waals surface area contributed by atoms with Crippen LogP contribution in [0.25, 0.3) is 5.65 Å². The quantitative estimate of drug-likeness (QED) is 0.728. The van der Waals surface area contributed by atoms with E-state index in [-0.39, 0.29) is 29.4 Å². The summed E-state index contributed by atoms with van der Waals surface area (Å²) in [6.45, 7) is 0.222. The largest absolute Gasteiger partial charge is 0.348 e. The van der Waals surface area contributed by atoms with Gasteiger partial charge in [-0.3, -0.25) is 4.79 Å². The van der Waals surface area contributed by atoms with Gasteiger partial charge in [-0.15, -0.1) is 0 Å². The minimum atomic E-state index is -2.70. The van der Waals surface area contributed by atoms with Gasteiger partial charge in [-0.25, -0.2) is 18.3 Å². The van der Waals surface area contributed by atoms with Gasteiger partial charge in [-0.05, 0) is 30.5 Å². The molecular formula is C18H15ClF2N4O. The Bertz CT molecular complexity index is 984. The summed E-state index contributed by atoms with van der Waals surface area (Å²) in [4.78, 5) is 17.0. The number of alkyl halides is 2. The van der Waals surface area contributed by atoms with Crippen LogP contribution in [0, 0.1) is 0 Å². The van der Waals surface area contributed by atoms with Crippen LogP contribution in [0.5, 0.6) is 0 Å². The third-order valence-corrected chi connectivity index (χ3v) is 4.75. The molecule has 1 aliphatic rings. The Morgan fingerprint density at radius 1 is 1.35 bits per heavy atom. The lowest BCUT2D eigenvalue weighted by Crippen LogP contribution is -2.23. The number of fused-ring (bicyclic) bond motifs is 1. The minimum Gasteiger partial charge on any atom is -0.348 e. The van der Waals surface area contributed by atoms with E-state index in [0.717, 1.165) is 22.9 Å².